The maximum atomic E-state index is 4.56. The number of nitrogens with zero attached hydrogens (tertiary/aromatic N) is 3. The van der Waals surface area contributed by atoms with Crippen molar-refractivity contribution >= 4 is 22.6 Å². The van der Waals surface area contributed by atoms with Crippen LogP contribution in [0.4, 0.5) is 0 Å². The van der Waals surface area contributed by atoms with Crippen molar-refractivity contribution in [1.29, 1.82) is 0 Å². The van der Waals surface area contributed by atoms with E-state index in [1.807, 2.05) is 19.3 Å². The number of hydrogen-bond donors (Lipinski definition) is 1. The molecule has 0 saturated heterocycles. The van der Waals surface area contributed by atoms with Crippen molar-refractivity contribution in [2.75, 3.05) is 5.75 Å². The third-order valence-corrected chi connectivity index (χ3v) is 3.18. The van der Waals surface area contributed by atoms with Gasteiger partial charge in [-0.3, -0.25) is 10.4 Å². The van der Waals surface area contributed by atoms with Crippen molar-refractivity contribution in [3.8, 4) is 0 Å². The van der Waals surface area contributed by atoms with E-state index in [-0.39, 0.29) is 5.54 Å². The zero-order valence-corrected chi connectivity index (χ0v) is 11.5. The van der Waals surface area contributed by atoms with Gasteiger partial charge in [0.1, 0.15) is 0 Å². The third-order valence-electron chi connectivity index (χ3n) is 2.31. The lowest BCUT2D eigenvalue weighted by Crippen LogP contribution is -2.29. The van der Waals surface area contributed by atoms with Crippen molar-refractivity contribution < 1.29 is 0 Å². The molecule has 4 nitrogen and oxygen atoms in total. The summed E-state index contributed by atoms with van der Waals surface area (Å²) < 4.78 is 2.08. The lowest BCUT2D eigenvalue weighted by atomic mass is 10.1. The van der Waals surface area contributed by atoms with Gasteiger partial charge in [0.25, 0.3) is 0 Å². The third kappa shape index (κ3) is 3.12. The highest BCUT2D eigenvalue weighted by Gasteiger charge is 2.17. The van der Waals surface area contributed by atoms with Gasteiger partial charge >= 0.3 is 0 Å². The molecule has 1 N–H and O–H groups in total. The summed E-state index contributed by atoms with van der Waals surface area (Å²) in [5, 5.41) is 5.29. The van der Waals surface area contributed by atoms with Crippen LogP contribution in [0.15, 0.2) is 28.4 Å². The molecule has 2 heterocycles. The first-order valence-electron chi connectivity index (χ1n) is 5.63. The van der Waals surface area contributed by atoms with Gasteiger partial charge in [-0.15, -0.1) is 0 Å². The molecule has 92 valence electrons. The van der Waals surface area contributed by atoms with Crippen molar-refractivity contribution in [3.63, 3.8) is 0 Å². The molecule has 0 spiro atoms. The van der Waals surface area contributed by atoms with Gasteiger partial charge in [-0.1, -0.05) is 11.8 Å². The van der Waals surface area contributed by atoms with Crippen molar-refractivity contribution in [2.45, 2.75) is 26.3 Å². The van der Waals surface area contributed by atoms with Crippen LogP contribution >= 0.6 is 11.8 Å². The number of thioether (sulfide) groups is 1. The van der Waals surface area contributed by atoms with Crippen LogP contribution in [0.2, 0.25) is 0 Å². The fraction of sp³-hybridized carbons (Fsp3) is 0.500. The molecule has 2 rings (SSSR count). The molecule has 0 saturated carbocycles. The van der Waals surface area contributed by atoms with Crippen molar-refractivity contribution in [2.24, 2.45) is 17.1 Å². The first-order chi connectivity index (χ1) is 7.96. The molecular formula is C12H18N4S. The zero-order valence-electron chi connectivity index (χ0n) is 10.7. The van der Waals surface area contributed by atoms with Crippen LogP contribution in [-0.2, 0) is 7.05 Å². The molecule has 1 aromatic heterocycles. The van der Waals surface area contributed by atoms with Gasteiger partial charge in [-0.05, 0) is 32.9 Å². The smallest absolute Gasteiger partial charge is 0.178 e. The number of hydrazone groups is 1. The summed E-state index contributed by atoms with van der Waals surface area (Å²) in [6, 6.07) is 4.11. The lowest BCUT2D eigenvalue weighted by Gasteiger charge is -2.19. The monoisotopic (exact) mass is 250 g/mol. The predicted octanol–water partition coefficient (Wildman–Crippen LogP) is 2.22. The van der Waals surface area contributed by atoms with Crippen LogP contribution in [0, 0.1) is 0 Å². The number of nitrogens with one attached hydrogen (secondary N) is 1. The van der Waals surface area contributed by atoms with Gasteiger partial charge in [-0.2, -0.15) is 5.10 Å². The van der Waals surface area contributed by atoms with Gasteiger partial charge in [0.15, 0.2) is 5.17 Å². The molecule has 0 radical (unpaired) electrons. The van der Waals surface area contributed by atoms with E-state index in [1.165, 1.54) is 0 Å². The first kappa shape index (κ1) is 12.2. The van der Waals surface area contributed by atoms with Crippen LogP contribution in [0.5, 0.6) is 0 Å². The maximum Gasteiger partial charge on any atom is 0.178 e. The number of rotatable bonds is 1. The Morgan fingerprint density at radius 2 is 2.24 bits per heavy atom. The Bertz CT molecular complexity index is 465. The van der Waals surface area contributed by atoms with E-state index >= 15 is 0 Å². The summed E-state index contributed by atoms with van der Waals surface area (Å²) in [7, 11) is 2.03. The highest BCUT2D eigenvalue weighted by molar-refractivity contribution is 8.14. The Labute approximate surface area is 106 Å². The Morgan fingerprint density at radius 3 is 2.71 bits per heavy atom. The van der Waals surface area contributed by atoms with Crippen LogP contribution in [0.25, 0.3) is 0 Å². The van der Waals surface area contributed by atoms with Crippen LogP contribution in [-0.4, -0.2) is 26.7 Å². The molecule has 1 aromatic rings. The van der Waals surface area contributed by atoms with E-state index in [1.54, 1.807) is 11.8 Å². The van der Waals surface area contributed by atoms with E-state index < -0.39 is 0 Å². The maximum absolute atomic E-state index is 4.56. The average molecular weight is 250 g/mol. The van der Waals surface area contributed by atoms with E-state index in [4.69, 9.17) is 0 Å². The molecule has 0 amide bonds. The van der Waals surface area contributed by atoms with Gasteiger partial charge in [0.05, 0.1) is 16.9 Å². The van der Waals surface area contributed by atoms with E-state index in [9.17, 15) is 0 Å². The molecule has 1 aliphatic heterocycles. The molecule has 0 aromatic carbocycles. The van der Waals surface area contributed by atoms with E-state index in [2.05, 4.69) is 46.9 Å². The Hall–Kier alpha value is -1.23. The molecule has 1 aliphatic rings. The summed E-state index contributed by atoms with van der Waals surface area (Å²) in [5.41, 5.74) is 5.18. The fourth-order valence-electron chi connectivity index (χ4n) is 1.57. The fourth-order valence-corrected chi connectivity index (χ4v) is 2.51. The molecule has 5 heteroatoms. The number of aliphatic imine (C=N–C) groups is 1. The van der Waals surface area contributed by atoms with Gasteiger partial charge in [0, 0.05) is 19.0 Å². The second kappa shape index (κ2) is 4.56. The minimum absolute atomic E-state index is 0.0622. The van der Waals surface area contributed by atoms with Crippen LogP contribution in [0.1, 0.15) is 26.5 Å². The van der Waals surface area contributed by atoms with Crippen LogP contribution in [0.3, 0.4) is 0 Å². The minimum Gasteiger partial charge on any atom is -0.350 e. The Morgan fingerprint density at radius 1 is 1.47 bits per heavy atom. The molecule has 0 aliphatic carbocycles. The summed E-state index contributed by atoms with van der Waals surface area (Å²) >= 11 is 1.70. The SMILES string of the molecule is Cn1cccc1C1=NNC(=NC(C)(C)C)SC1. The topological polar surface area (TPSA) is 41.7 Å². The number of aryl methyl sites for hydroxylation is 1. The Kier molecular flexibility index (Phi) is 3.28. The molecule has 0 bridgehead atoms. The largest absolute Gasteiger partial charge is 0.350 e. The summed E-state index contributed by atoms with van der Waals surface area (Å²) in [6.07, 6.45) is 2.03. The van der Waals surface area contributed by atoms with Gasteiger partial charge < -0.3 is 4.57 Å². The standard InChI is InChI=1S/C12H18N4S/c1-12(2,3)13-11-15-14-9(8-17-11)10-6-5-7-16(10)4/h5-7H,8H2,1-4H3,(H,13,15). The molecule has 0 atom stereocenters. The minimum atomic E-state index is -0.0622. The molecule has 0 fully saturated rings. The van der Waals surface area contributed by atoms with Crippen LogP contribution < -0.4 is 5.43 Å². The highest BCUT2D eigenvalue weighted by atomic mass is 32.2. The highest BCUT2D eigenvalue weighted by Crippen LogP contribution is 2.17. The quantitative estimate of drug-likeness (QED) is 0.830. The number of aromatic nitrogens is 1. The molecular weight excluding hydrogens is 232 g/mol. The Balaban J connectivity index is 2.14. The second-order valence-corrected chi connectivity index (χ2v) is 6.02. The lowest BCUT2D eigenvalue weighted by molar-refractivity contribution is 0.582. The predicted molar refractivity (Wildman–Crippen MR) is 74.7 cm³/mol. The van der Waals surface area contributed by atoms with Crippen molar-refractivity contribution in [1.82, 2.24) is 9.99 Å². The van der Waals surface area contributed by atoms with Gasteiger partial charge in [-0.25, -0.2) is 0 Å². The summed E-state index contributed by atoms with van der Waals surface area (Å²) in [6.45, 7) is 6.25. The van der Waals surface area contributed by atoms with Gasteiger partial charge in [0.2, 0.25) is 0 Å². The van der Waals surface area contributed by atoms with E-state index in [0.717, 1.165) is 22.3 Å². The number of amidine groups is 1. The normalized spacial score (nSPS) is 19.1. The second-order valence-electron chi connectivity index (χ2n) is 5.05. The first-order valence-corrected chi connectivity index (χ1v) is 6.61. The van der Waals surface area contributed by atoms with Crippen molar-refractivity contribution in [3.05, 3.63) is 24.0 Å². The average Bonchev–Trinajstić information content (AvgIpc) is 2.63. The molecule has 0 unspecified atom stereocenters. The molecule has 17 heavy (non-hydrogen) atoms. The summed E-state index contributed by atoms with van der Waals surface area (Å²) in [4.78, 5) is 4.56. The zero-order chi connectivity index (χ0) is 12.5. The number of hydrogen-bond acceptors (Lipinski definition) is 3. The van der Waals surface area contributed by atoms with E-state index in [0.29, 0.717) is 0 Å². The summed E-state index contributed by atoms with van der Waals surface area (Å²) in [5.74, 6) is 0.861.